The van der Waals surface area contributed by atoms with Crippen molar-refractivity contribution in [3.05, 3.63) is 29.1 Å². The van der Waals surface area contributed by atoms with Gasteiger partial charge in [0.05, 0.1) is 5.69 Å². The Morgan fingerprint density at radius 1 is 1.33 bits per heavy atom. The van der Waals surface area contributed by atoms with Crippen LogP contribution in [0.15, 0.2) is 12.1 Å². The Hall–Kier alpha value is -1.81. The van der Waals surface area contributed by atoms with Crippen LogP contribution in [0.4, 0.5) is 23.2 Å². The Morgan fingerprint density at radius 3 is 2.28 bits per heavy atom. The van der Waals surface area contributed by atoms with Crippen molar-refractivity contribution < 1.29 is 17.6 Å². The molecule has 1 aromatic rings. The van der Waals surface area contributed by atoms with E-state index >= 15 is 0 Å². The predicted molar refractivity (Wildman–Crippen MR) is 58.4 cm³/mol. The number of nitrogens with two attached hydrogens (primary N) is 1. The maximum absolute atomic E-state index is 13.8. The second kappa shape index (κ2) is 4.82. The first-order chi connectivity index (χ1) is 8.20. The molecule has 1 atom stereocenters. The highest BCUT2D eigenvalue weighted by atomic mass is 19.4. The number of hydrogen-bond donors (Lipinski definition) is 1. The molecule has 0 saturated carbocycles. The molecule has 0 bridgehead atoms. The lowest BCUT2D eigenvalue weighted by atomic mass is 10.0. The molecule has 0 heterocycles. The van der Waals surface area contributed by atoms with Crippen molar-refractivity contribution in [3.8, 4) is 6.07 Å². The molecule has 18 heavy (non-hydrogen) atoms. The van der Waals surface area contributed by atoms with Crippen LogP contribution in [0.2, 0.25) is 0 Å². The zero-order valence-corrected chi connectivity index (χ0v) is 9.72. The molecular weight excluding hydrogens is 250 g/mol. The first-order valence-electron chi connectivity index (χ1n) is 4.92. The monoisotopic (exact) mass is 261 g/mol. The average molecular weight is 261 g/mol. The number of halogens is 4. The zero-order valence-electron chi connectivity index (χ0n) is 9.72. The molecule has 98 valence electrons. The van der Waals surface area contributed by atoms with E-state index in [-0.39, 0.29) is 5.69 Å². The van der Waals surface area contributed by atoms with Crippen molar-refractivity contribution in [2.75, 3.05) is 19.0 Å². The lowest BCUT2D eigenvalue weighted by molar-refractivity contribution is -0.149. The Bertz CT molecular complexity index is 488. The van der Waals surface area contributed by atoms with Crippen LogP contribution in [0.3, 0.4) is 0 Å². The van der Waals surface area contributed by atoms with Crippen LogP contribution in [-0.2, 0) is 0 Å². The van der Waals surface area contributed by atoms with Gasteiger partial charge in [-0.1, -0.05) is 6.07 Å². The van der Waals surface area contributed by atoms with Gasteiger partial charge in [-0.15, -0.1) is 0 Å². The van der Waals surface area contributed by atoms with Gasteiger partial charge in [-0.2, -0.15) is 18.4 Å². The van der Waals surface area contributed by atoms with Crippen LogP contribution in [-0.4, -0.2) is 20.3 Å². The summed E-state index contributed by atoms with van der Waals surface area (Å²) < 4.78 is 51.1. The van der Waals surface area contributed by atoms with Crippen LogP contribution >= 0.6 is 0 Å². The Labute approximate surface area is 101 Å². The topological polar surface area (TPSA) is 53.0 Å². The predicted octanol–water partition coefficient (Wildman–Crippen LogP) is 2.33. The van der Waals surface area contributed by atoms with E-state index in [1.807, 2.05) is 0 Å². The summed E-state index contributed by atoms with van der Waals surface area (Å²) in [5, 5.41) is 8.82. The van der Waals surface area contributed by atoms with Crippen molar-refractivity contribution in [2.24, 2.45) is 5.73 Å². The van der Waals surface area contributed by atoms with Crippen LogP contribution in [0.1, 0.15) is 17.2 Å². The highest BCUT2D eigenvalue weighted by molar-refractivity contribution is 5.60. The van der Waals surface area contributed by atoms with Gasteiger partial charge in [-0.3, -0.25) is 0 Å². The third-order valence-electron chi connectivity index (χ3n) is 2.43. The maximum Gasteiger partial charge on any atom is 0.407 e. The summed E-state index contributed by atoms with van der Waals surface area (Å²) in [5.74, 6) is -1.23. The minimum absolute atomic E-state index is 0.202. The molecule has 0 fully saturated rings. The maximum atomic E-state index is 13.8. The van der Waals surface area contributed by atoms with Gasteiger partial charge >= 0.3 is 6.18 Å². The number of alkyl halides is 3. The van der Waals surface area contributed by atoms with Gasteiger partial charge in [0.1, 0.15) is 23.5 Å². The molecule has 3 nitrogen and oxygen atoms in total. The number of nitriles is 1. The molecule has 1 aromatic carbocycles. The summed E-state index contributed by atoms with van der Waals surface area (Å²) >= 11 is 0. The minimum Gasteiger partial charge on any atom is -0.377 e. The molecule has 0 spiro atoms. The Balaban J connectivity index is 3.40. The number of anilines is 1. The standard InChI is InChI=1S/C11H11F4N3/c1-18(2)8-4-3-6(9(12)7(8)5-16)10(17)11(13,14)15/h3-4,10H,17H2,1-2H3/t10-/m0/s1. The number of hydrogen-bond acceptors (Lipinski definition) is 3. The van der Waals surface area contributed by atoms with E-state index in [4.69, 9.17) is 11.0 Å². The molecule has 0 saturated heterocycles. The molecule has 0 aliphatic rings. The smallest absolute Gasteiger partial charge is 0.377 e. The van der Waals surface area contributed by atoms with E-state index in [9.17, 15) is 17.6 Å². The second-order valence-corrected chi connectivity index (χ2v) is 3.89. The number of nitrogens with zero attached hydrogens (tertiary/aromatic N) is 2. The normalized spacial score (nSPS) is 13.0. The van der Waals surface area contributed by atoms with E-state index in [0.29, 0.717) is 0 Å². The molecule has 0 amide bonds. The summed E-state index contributed by atoms with van der Waals surface area (Å²) in [4.78, 5) is 1.44. The quantitative estimate of drug-likeness (QED) is 0.831. The fourth-order valence-electron chi connectivity index (χ4n) is 1.48. The zero-order chi connectivity index (χ0) is 14.1. The highest BCUT2D eigenvalue weighted by Crippen LogP contribution is 2.34. The van der Waals surface area contributed by atoms with Crippen LogP contribution in [0.25, 0.3) is 0 Å². The van der Waals surface area contributed by atoms with Gasteiger partial charge in [0.25, 0.3) is 0 Å². The van der Waals surface area contributed by atoms with Gasteiger partial charge in [0.15, 0.2) is 0 Å². The first kappa shape index (κ1) is 14.3. The van der Waals surface area contributed by atoms with Gasteiger partial charge in [0.2, 0.25) is 0 Å². The third kappa shape index (κ3) is 2.54. The minimum atomic E-state index is -4.76. The lowest BCUT2D eigenvalue weighted by Gasteiger charge is -2.20. The van der Waals surface area contributed by atoms with E-state index in [1.165, 1.54) is 11.0 Å². The molecule has 0 radical (unpaired) electrons. The SMILES string of the molecule is CN(C)c1ccc([C@H](N)C(F)(F)F)c(F)c1C#N. The summed E-state index contributed by atoms with van der Waals surface area (Å²) in [5.41, 5.74) is 3.96. The van der Waals surface area contributed by atoms with Crippen LogP contribution in [0, 0.1) is 17.1 Å². The Morgan fingerprint density at radius 2 is 1.89 bits per heavy atom. The summed E-state index contributed by atoms with van der Waals surface area (Å²) in [6.45, 7) is 0. The number of benzene rings is 1. The van der Waals surface area contributed by atoms with Gasteiger partial charge < -0.3 is 10.6 Å². The van der Waals surface area contributed by atoms with E-state index in [0.717, 1.165) is 6.07 Å². The molecule has 0 aliphatic carbocycles. The molecule has 2 N–H and O–H groups in total. The van der Waals surface area contributed by atoms with E-state index in [2.05, 4.69) is 0 Å². The van der Waals surface area contributed by atoms with Crippen molar-refractivity contribution in [1.82, 2.24) is 0 Å². The van der Waals surface area contributed by atoms with Crippen molar-refractivity contribution >= 4 is 5.69 Å². The lowest BCUT2D eigenvalue weighted by Crippen LogP contribution is -2.29. The average Bonchev–Trinajstić information content (AvgIpc) is 2.26. The van der Waals surface area contributed by atoms with Crippen LogP contribution < -0.4 is 10.6 Å². The highest BCUT2D eigenvalue weighted by Gasteiger charge is 2.40. The molecule has 0 aliphatic heterocycles. The van der Waals surface area contributed by atoms with Gasteiger partial charge in [-0.25, -0.2) is 4.39 Å². The molecule has 1 rings (SSSR count). The largest absolute Gasteiger partial charge is 0.407 e. The first-order valence-corrected chi connectivity index (χ1v) is 4.92. The Kier molecular flexibility index (Phi) is 3.82. The summed E-state index contributed by atoms with van der Waals surface area (Å²) in [6.07, 6.45) is -4.76. The van der Waals surface area contributed by atoms with Crippen molar-refractivity contribution in [3.63, 3.8) is 0 Å². The van der Waals surface area contributed by atoms with Crippen LogP contribution in [0.5, 0.6) is 0 Å². The fourth-order valence-corrected chi connectivity index (χ4v) is 1.48. The fraction of sp³-hybridized carbons (Fsp3) is 0.364. The second-order valence-electron chi connectivity index (χ2n) is 3.89. The summed E-state index contributed by atoms with van der Waals surface area (Å²) in [6, 6.07) is 1.30. The summed E-state index contributed by atoms with van der Waals surface area (Å²) in [7, 11) is 3.11. The molecular formula is C11H11F4N3. The van der Waals surface area contributed by atoms with E-state index < -0.39 is 29.2 Å². The molecule has 7 heteroatoms. The van der Waals surface area contributed by atoms with Crippen molar-refractivity contribution in [1.29, 1.82) is 5.26 Å². The van der Waals surface area contributed by atoms with Gasteiger partial charge in [0, 0.05) is 19.7 Å². The van der Waals surface area contributed by atoms with E-state index in [1.54, 1.807) is 20.2 Å². The van der Waals surface area contributed by atoms with Gasteiger partial charge in [-0.05, 0) is 6.07 Å². The molecule has 0 aromatic heterocycles. The van der Waals surface area contributed by atoms with Crippen molar-refractivity contribution in [2.45, 2.75) is 12.2 Å². The molecule has 0 unspecified atom stereocenters. The number of rotatable bonds is 2. The third-order valence-corrected chi connectivity index (χ3v) is 2.43.